The lowest BCUT2D eigenvalue weighted by atomic mass is 10.2. The maximum absolute atomic E-state index is 5.78. The Morgan fingerprint density at radius 3 is 3.04 bits per heavy atom. The van der Waals surface area contributed by atoms with Crippen LogP contribution in [0.15, 0.2) is 41.8 Å². The van der Waals surface area contributed by atoms with Gasteiger partial charge >= 0.3 is 0 Å². The number of aromatic nitrogens is 3. The molecule has 0 saturated carbocycles. The van der Waals surface area contributed by atoms with E-state index < -0.39 is 0 Å². The van der Waals surface area contributed by atoms with E-state index >= 15 is 0 Å². The van der Waals surface area contributed by atoms with Gasteiger partial charge in [-0.25, -0.2) is 9.66 Å². The van der Waals surface area contributed by atoms with Crippen molar-refractivity contribution in [2.75, 3.05) is 6.61 Å². The number of ether oxygens (including phenoxy) is 1. The molecule has 1 aliphatic rings. The van der Waals surface area contributed by atoms with Crippen molar-refractivity contribution < 1.29 is 4.74 Å². The first-order chi connectivity index (χ1) is 11.7. The zero-order valence-corrected chi connectivity index (χ0v) is 14.1. The Balaban J connectivity index is 1.60. The van der Waals surface area contributed by atoms with Crippen LogP contribution in [0.25, 0.3) is 11.0 Å². The molecule has 0 amide bonds. The summed E-state index contributed by atoms with van der Waals surface area (Å²) in [6.07, 6.45) is 6.35. The Hall–Kier alpha value is -2.40. The van der Waals surface area contributed by atoms with E-state index in [1.54, 1.807) is 6.33 Å². The van der Waals surface area contributed by atoms with E-state index in [1.165, 1.54) is 17.8 Å². The first-order valence-corrected chi connectivity index (χ1v) is 8.47. The van der Waals surface area contributed by atoms with Crippen molar-refractivity contribution >= 4 is 17.2 Å². The Kier molecular flexibility index (Phi) is 3.94. The minimum absolute atomic E-state index is 0.345. The van der Waals surface area contributed by atoms with Gasteiger partial charge in [0.1, 0.15) is 6.33 Å². The van der Waals surface area contributed by atoms with Crippen LogP contribution in [0.1, 0.15) is 29.8 Å². The summed E-state index contributed by atoms with van der Waals surface area (Å²) in [6.45, 7) is 6.12. The van der Waals surface area contributed by atoms with Gasteiger partial charge in [0.05, 0.1) is 23.4 Å². The summed E-state index contributed by atoms with van der Waals surface area (Å²) in [7, 11) is 0. The molecule has 3 aromatic rings. The van der Waals surface area contributed by atoms with Gasteiger partial charge < -0.3 is 9.30 Å². The SMILES string of the molecule is Cc1cc(/C=N\n2cnc3ccccc32)c(C)n1C[C@@H]1CCCO1. The van der Waals surface area contributed by atoms with Gasteiger partial charge in [-0.05, 0) is 44.9 Å². The molecule has 0 N–H and O–H groups in total. The summed E-state index contributed by atoms with van der Waals surface area (Å²) in [4.78, 5) is 4.37. The zero-order valence-electron chi connectivity index (χ0n) is 14.1. The lowest BCUT2D eigenvalue weighted by Crippen LogP contribution is -2.16. The summed E-state index contributed by atoms with van der Waals surface area (Å²) < 4.78 is 9.93. The molecule has 0 radical (unpaired) electrons. The van der Waals surface area contributed by atoms with E-state index in [1.807, 2.05) is 35.2 Å². The van der Waals surface area contributed by atoms with Gasteiger partial charge in [0.25, 0.3) is 0 Å². The molecule has 5 heteroatoms. The van der Waals surface area contributed by atoms with Crippen molar-refractivity contribution in [2.24, 2.45) is 5.10 Å². The average Bonchev–Trinajstić information content (AvgIpc) is 3.30. The summed E-state index contributed by atoms with van der Waals surface area (Å²) in [6, 6.07) is 10.2. The van der Waals surface area contributed by atoms with Crippen molar-refractivity contribution in [1.29, 1.82) is 0 Å². The molecular weight excluding hydrogens is 300 g/mol. The first-order valence-electron chi connectivity index (χ1n) is 8.47. The topological polar surface area (TPSA) is 44.3 Å². The maximum atomic E-state index is 5.78. The molecule has 0 unspecified atom stereocenters. The third kappa shape index (κ3) is 2.76. The van der Waals surface area contributed by atoms with Crippen LogP contribution in [0.4, 0.5) is 0 Å². The number of benzene rings is 1. The van der Waals surface area contributed by atoms with Gasteiger partial charge in [-0.2, -0.15) is 5.10 Å². The molecule has 1 aromatic carbocycles. The number of hydrogen-bond donors (Lipinski definition) is 0. The molecule has 0 bridgehead atoms. The Bertz CT molecular complexity index is 884. The summed E-state index contributed by atoms with van der Waals surface area (Å²) in [5, 5.41) is 4.60. The maximum Gasteiger partial charge on any atom is 0.118 e. The molecule has 1 aliphatic heterocycles. The molecule has 1 saturated heterocycles. The lowest BCUT2D eigenvalue weighted by molar-refractivity contribution is 0.0962. The van der Waals surface area contributed by atoms with Crippen LogP contribution in [0.3, 0.4) is 0 Å². The van der Waals surface area contributed by atoms with Crippen molar-refractivity contribution in [3.8, 4) is 0 Å². The molecule has 24 heavy (non-hydrogen) atoms. The fourth-order valence-electron chi connectivity index (χ4n) is 3.39. The summed E-state index contributed by atoms with van der Waals surface area (Å²) in [5.41, 5.74) is 5.60. The Morgan fingerprint density at radius 2 is 2.21 bits per heavy atom. The third-order valence-corrected chi connectivity index (χ3v) is 4.78. The van der Waals surface area contributed by atoms with Crippen molar-refractivity contribution in [2.45, 2.75) is 39.3 Å². The quantitative estimate of drug-likeness (QED) is 0.690. The Morgan fingerprint density at radius 1 is 1.33 bits per heavy atom. The van der Waals surface area contributed by atoms with Gasteiger partial charge in [-0.3, -0.25) is 0 Å². The van der Waals surface area contributed by atoms with Crippen LogP contribution in [0, 0.1) is 13.8 Å². The second-order valence-electron chi connectivity index (χ2n) is 6.39. The van der Waals surface area contributed by atoms with Crippen LogP contribution in [-0.2, 0) is 11.3 Å². The lowest BCUT2D eigenvalue weighted by Gasteiger charge is -2.14. The molecule has 0 spiro atoms. The number of fused-ring (bicyclic) bond motifs is 1. The van der Waals surface area contributed by atoms with Crippen LogP contribution in [0.2, 0.25) is 0 Å². The van der Waals surface area contributed by atoms with E-state index in [4.69, 9.17) is 4.74 Å². The van der Waals surface area contributed by atoms with Gasteiger partial charge in [0.15, 0.2) is 0 Å². The van der Waals surface area contributed by atoms with E-state index in [2.05, 4.69) is 34.6 Å². The second-order valence-corrected chi connectivity index (χ2v) is 6.39. The number of imidazole rings is 1. The third-order valence-electron chi connectivity index (χ3n) is 4.78. The number of nitrogens with zero attached hydrogens (tertiary/aromatic N) is 4. The van der Waals surface area contributed by atoms with Crippen molar-refractivity contribution in [1.82, 2.24) is 14.2 Å². The van der Waals surface area contributed by atoms with E-state index in [9.17, 15) is 0 Å². The van der Waals surface area contributed by atoms with Crippen LogP contribution < -0.4 is 0 Å². The number of rotatable bonds is 4. The highest BCUT2D eigenvalue weighted by molar-refractivity contribution is 5.83. The predicted octanol–water partition coefficient (Wildman–Crippen LogP) is 3.52. The molecule has 3 heterocycles. The van der Waals surface area contributed by atoms with Gasteiger partial charge in [-0.1, -0.05) is 12.1 Å². The second kappa shape index (κ2) is 6.24. The highest BCUT2D eigenvalue weighted by atomic mass is 16.5. The number of hydrogen-bond acceptors (Lipinski definition) is 3. The minimum Gasteiger partial charge on any atom is -0.376 e. The summed E-state index contributed by atoms with van der Waals surface area (Å²) in [5.74, 6) is 0. The largest absolute Gasteiger partial charge is 0.376 e. The first kappa shape index (κ1) is 15.1. The minimum atomic E-state index is 0.345. The van der Waals surface area contributed by atoms with Gasteiger partial charge in [0, 0.05) is 30.1 Å². The fraction of sp³-hybridized carbons (Fsp3) is 0.368. The normalized spacial score (nSPS) is 18.2. The molecule has 124 valence electrons. The highest BCUT2D eigenvalue weighted by Gasteiger charge is 2.18. The fourth-order valence-corrected chi connectivity index (χ4v) is 3.39. The zero-order chi connectivity index (χ0) is 16.5. The molecule has 1 atom stereocenters. The molecule has 5 nitrogen and oxygen atoms in total. The van der Waals surface area contributed by atoms with E-state index in [0.717, 1.165) is 36.2 Å². The number of para-hydroxylation sites is 2. The van der Waals surface area contributed by atoms with Crippen LogP contribution in [0.5, 0.6) is 0 Å². The van der Waals surface area contributed by atoms with E-state index in [0.29, 0.717) is 6.10 Å². The Labute approximate surface area is 141 Å². The molecule has 2 aromatic heterocycles. The van der Waals surface area contributed by atoms with Crippen LogP contribution >= 0.6 is 0 Å². The molecule has 4 rings (SSSR count). The predicted molar refractivity (Wildman–Crippen MR) is 95.6 cm³/mol. The highest BCUT2D eigenvalue weighted by Crippen LogP contribution is 2.20. The molecular formula is C19H22N4O. The van der Waals surface area contributed by atoms with Crippen molar-refractivity contribution in [3.05, 3.63) is 53.6 Å². The van der Waals surface area contributed by atoms with Crippen LogP contribution in [-0.4, -0.2) is 33.2 Å². The summed E-state index contributed by atoms with van der Waals surface area (Å²) >= 11 is 0. The van der Waals surface area contributed by atoms with Gasteiger partial charge in [-0.15, -0.1) is 0 Å². The monoisotopic (exact) mass is 322 g/mol. The van der Waals surface area contributed by atoms with Crippen molar-refractivity contribution in [3.63, 3.8) is 0 Å². The average molecular weight is 322 g/mol. The number of aryl methyl sites for hydroxylation is 1. The molecule has 0 aliphatic carbocycles. The van der Waals surface area contributed by atoms with E-state index in [-0.39, 0.29) is 0 Å². The smallest absolute Gasteiger partial charge is 0.118 e. The molecule has 1 fully saturated rings. The standard InChI is InChI=1S/C19H22N4O/c1-14-10-16(15(2)22(14)12-17-6-5-9-24-17)11-21-23-13-20-18-7-3-4-8-19(18)23/h3-4,7-8,10-11,13,17H,5-6,9,12H2,1-2H3/b21-11-/t17-/m0/s1. The van der Waals surface area contributed by atoms with Gasteiger partial charge in [0.2, 0.25) is 0 Å².